The minimum atomic E-state index is -0.392. The number of hydrogen-bond acceptors (Lipinski definition) is 6. The molecule has 2 aliphatic heterocycles. The van der Waals surface area contributed by atoms with Crippen LogP contribution < -0.4 is 14.8 Å². The van der Waals surface area contributed by atoms with E-state index in [4.69, 9.17) is 14.0 Å². The first-order valence-corrected chi connectivity index (χ1v) is 13.5. The highest BCUT2D eigenvalue weighted by molar-refractivity contribution is 7.93. The molecule has 1 saturated carbocycles. The van der Waals surface area contributed by atoms with Crippen molar-refractivity contribution >= 4 is 17.8 Å². The van der Waals surface area contributed by atoms with Gasteiger partial charge in [-0.05, 0) is 91.2 Å². The fourth-order valence-electron chi connectivity index (χ4n) is 5.00. The van der Waals surface area contributed by atoms with Crippen molar-refractivity contribution in [1.29, 1.82) is 0 Å². The predicted molar refractivity (Wildman–Crippen MR) is 147 cm³/mol. The Labute approximate surface area is 222 Å². The molecule has 4 N–H and O–H groups in total. The van der Waals surface area contributed by atoms with Crippen molar-refractivity contribution < 1.29 is 24.3 Å². The summed E-state index contributed by atoms with van der Waals surface area (Å²) in [6.07, 6.45) is 4.97. The molecule has 1 unspecified atom stereocenters. The van der Waals surface area contributed by atoms with Crippen LogP contribution >= 0.6 is 12.0 Å². The van der Waals surface area contributed by atoms with Crippen molar-refractivity contribution in [3.8, 4) is 22.6 Å². The summed E-state index contributed by atoms with van der Waals surface area (Å²) in [7, 11) is 0. The Morgan fingerprint density at radius 1 is 1.03 bits per heavy atom. The van der Waals surface area contributed by atoms with Gasteiger partial charge in [-0.25, -0.2) is 0 Å². The Morgan fingerprint density at radius 2 is 1.81 bits per heavy atom. The molecule has 7 heteroatoms. The third-order valence-corrected chi connectivity index (χ3v) is 7.82. The number of piperidine rings is 1. The number of fused-ring (bicyclic) bond motifs is 1. The number of Topliss-reactive ketones (excluding diaryl/α,β-unsaturated/α-hetero) is 1. The minimum absolute atomic E-state index is 0. The van der Waals surface area contributed by atoms with Gasteiger partial charge < -0.3 is 24.8 Å². The van der Waals surface area contributed by atoms with E-state index in [0.717, 1.165) is 69.5 Å². The van der Waals surface area contributed by atoms with Crippen LogP contribution in [0.5, 0.6) is 11.5 Å². The van der Waals surface area contributed by atoms with Crippen molar-refractivity contribution in [2.24, 2.45) is 5.92 Å². The van der Waals surface area contributed by atoms with E-state index < -0.39 is 5.41 Å². The Morgan fingerprint density at radius 3 is 2.46 bits per heavy atom. The van der Waals surface area contributed by atoms with Gasteiger partial charge in [0.1, 0.15) is 5.78 Å². The summed E-state index contributed by atoms with van der Waals surface area (Å²) in [4.78, 5) is 14.0. The van der Waals surface area contributed by atoms with Crippen LogP contribution in [0.1, 0.15) is 43.7 Å². The van der Waals surface area contributed by atoms with E-state index >= 15 is 0 Å². The van der Waals surface area contributed by atoms with E-state index in [1.807, 2.05) is 60.7 Å². The molecular weight excluding hydrogens is 486 g/mol. The molecule has 1 aliphatic carbocycles. The summed E-state index contributed by atoms with van der Waals surface area (Å²) in [5.74, 6) is 2.65. The highest BCUT2D eigenvalue weighted by atomic mass is 32.2. The van der Waals surface area contributed by atoms with Gasteiger partial charge in [0, 0.05) is 23.4 Å². The smallest absolute Gasteiger partial charge is 0.231 e. The van der Waals surface area contributed by atoms with Crippen LogP contribution in [0.3, 0.4) is 0 Å². The fraction of sp³-hybridized carbons (Fsp3) is 0.367. The third kappa shape index (κ3) is 6.36. The molecule has 37 heavy (non-hydrogen) atoms. The predicted octanol–water partition coefficient (Wildman–Crippen LogP) is 5.67. The first-order valence-electron chi connectivity index (χ1n) is 12.7. The molecule has 3 aromatic rings. The van der Waals surface area contributed by atoms with E-state index in [1.165, 1.54) is 25.9 Å². The first kappa shape index (κ1) is 27.2. The zero-order chi connectivity index (χ0) is 25.0. The van der Waals surface area contributed by atoms with Crippen molar-refractivity contribution in [1.82, 2.24) is 5.32 Å². The lowest BCUT2D eigenvalue weighted by Gasteiger charge is -2.17. The Kier molecular flexibility index (Phi) is 8.92. The van der Waals surface area contributed by atoms with Gasteiger partial charge in [0.2, 0.25) is 6.79 Å². The second-order valence-corrected chi connectivity index (χ2v) is 10.7. The van der Waals surface area contributed by atoms with Crippen molar-refractivity contribution in [3.63, 3.8) is 0 Å². The second-order valence-electron chi connectivity index (χ2n) is 10.0. The highest BCUT2D eigenvalue weighted by Crippen LogP contribution is 2.51. The molecule has 6 nitrogen and oxygen atoms in total. The molecule has 1 atom stereocenters. The van der Waals surface area contributed by atoms with Crippen LogP contribution in [0.15, 0.2) is 71.6 Å². The number of nitrogens with one attached hydrogen (secondary N) is 1. The fourth-order valence-corrected chi connectivity index (χ4v) is 5.26. The third-order valence-electron chi connectivity index (χ3n) is 7.34. The zero-order valence-electron chi connectivity index (χ0n) is 21.2. The average molecular weight is 522 g/mol. The summed E-state index contributed by atoms with van der Waals surface area (Å²) in [6.45, 7) is 5.01. The Hall–Kier alpha value is -2.84. The van der Waals surface area contributed by atoms with Crippen molar-refractivity contribution in [3.05, 3.63) is 77.9 Å². The van der Waals surface area contributed by atoms with E-state index in [2.05, 4.69) is 18.3 Å². The number of ether oxygens (including phenoxy) is 2. The van der Waals surface area contributed by atoms with Crippen LogP contribution in [0, 0.1) is 5.92 Å². The van der Waals surface area contributed by atoms with Crippen molar-refractivity contribution in [2.45, 2.75) is 49.3 Å². The Bertz CT molecular complexity index is 1200. The minimum Gasteiger partial charge on any atom is -0.454 e. The van der Waals surface area contributed by atoms with Crippen LogP contribution in [0.25, 0.3) is 11.1 Å². The molecule has 0 aromatic heterocycles. The maximum absolute atomic E-state index is 13.2. The molecule has 3 aliphatic rings. The molecule has 1 saturated heterocycles. The van der Waals surface area contributed by atoms with Gasteiger partial charge >= 0.3 is 0 Å². The van der Waals surface area contributed by atoms with E-state index in [1.54, 1.807) is 0 Å². The normalized spacial score (nSPS) is 18.7. The molecule has 0 bridgehead atoms. The van der Waals surface area contributed by atoms with Gasteiger partial charge in [-0.3, -0.25) is 4.79 Å². The van der Waals surface area contributed by atoms with Crippen LogP contribution in [-0.2, 0) is 16.6 Å². The molecule has 3 aromatic carbocycles. The van der Waals surface area contributed by atoms with E-state index in [9.17, 15) is 4.79 Å². The molecule has 0 spiro atoms. The molecule has 6 rings (SSSR count). The lowest BCUT2D eigenvalue weighted by molar-refractivity contribution is -0.120. The van der Waals surface area contributed by atoms with Gasteiger partial charge in [-0.2, -0.15) is 0 Å². The lowest BCUT2D eigenvalue weighted by Crippen LogP contribution is -2.27. The molecule has 196 valence electrons. The molecule has 2 heterocycles. The second kappa shape index (κ2) is 12.1. The number of hydrogen-bond donors (Lipinski definition) is 2. The lowest BCUT2D eigenvalue weighted by atomic mass is 9.87. The molecular formula is C30H35NO5S. The summed E-state index contributed by atoms with van der Waals surface area (Å²) < 4.78 is 20.0. The van der Waals surface area contributed by atoms with Crippen LogP contribution in [-0.4, -0.2) is 35.7 Å². The topological polar surface area (TPSA) is 99.3 Å². The van der Waals surface area contributed by atoms with Gasteiger partial charge in [-0.15, -0.1) is 0 Å². The summed E-state index contributed by atoms with van der Waals surface area (Å²) in [5.41, 5.74) is 3.78. The summed E-state index contributed by atoms with van der Waals surface area (Å²) in [6, 6.07) is 21.7. The molecule has 2 fully saturated rings. The van der Waals surface area contributed by atoms with Crippen LogP contribution in [0.4, 0.5) is 0 Å². The van der Waals surface area contributed by atoms with E-state index in [-0.39, 0.29) is 18.1 Å². The van der Waals surface area contributed by atoms with E-state index in [0.29, 0.717) is 6.42 Å². The first-order chi connectivity index (χ1) is 17.6. The summed E-state index contributed by atoms with van der Waals surface area (Å²) in [5, 5.41) is 3.33. The Balaban J connectivity index is 0.000000349. The number of rotatable bonds is 6. The molecule has 0 radical (unpaired) electrons. The summed E-state index contributed by atoms with van der Waals surface area (Å²) >= 11 is 0.738. The quantitative estimate of drug-likeness (QED) is 0.406. The van der Waals surface area contributed by atoms with Gasteiger partial charge in [0.15, 0.2) is 11.5 Å². The standard InChI is InChI=1S/C24H20O4S.C6H13N.H2O/c25-23(24(10-11-24)19-6-9-21-22(14-19)28-15-27-21)13-16-2-1-3-18(12-16)17-4-7-20(29-26)8-5-17;1-6-3-2-4-7-5-6;/h1-9,12,14,26H,10-11,13,15H2;6-7H,2-5H2,1H3;1H2. The average Bonchev–Trinajstić information content (AvgIpc) is 3.60. The van der Waals surface area contributed by atoms with Crippen LogP contribution in [0.2, 0.25) is 0 Å². The number of carbonyl (C=O) groups is 1. The zero-order valence-corrected chi connectivity index (χ0v) is 22.0. The number of ketones is 1. The maximum Gasteiger partial charge on any atom is 0.231 e. The number of carbonyl (C=O) groups excluding carboxylic acids is 1. The number of benzene rings is 3. The highest BCUT2D eigenvalue weighted by Gasteiger charge is 2.50. The van der Waals surface area contributed by atoms with Gasteiger partial charge in [0.25, 0.3) is 0 Å². The van der Waals surface area contributed by atoms with Gasteiger partial charge in [-0.1, -0.05) is 49.4 Å². The maximum atomic E-state index is 13.2. The largest absolute Gasteiger partial charge is 0.454 e. The SMILES string of the molecule is CC1CCCNC1.O.O=C(Cc1cccc(-c2ccc(SO)cc2)c1)C1(c2ccc3c(c2)OCO3)CC1. The van der Waals surface area contributed by atoms with Crippen molar-refractivity contribution in [2.75, 3.05) is 19.9 Å². The monoisotopic (exact) mass is 521 g/mol. The van der Waals surface area contributed by atoms with Gasteiger partial charge in [0.05, 0.1) is 5.41 Å². The molecule has 0 amide bonds.